The van der Waals surface area contributed by atoms with E-state index in [1.807, 2.05) is 24.3 Å². The van der Waals surface area contributed by atoms with Crippen molar-refractivity contribution in [2.45, 2.75) is 13.8 Å². The van der Waals surface area contributed by atoms with E-state index in [0.29, 0.717) is 38.1 Å². The molecule has 0 amide bonds. The third-order valence-corrected chi connectivity index (χ3v) is 7.18. The summed E-state index contributed by atoms with van der Waals surface area (Å²) >= 11 is 0. The zero-order valence-electron chi connectivity index (χ0n) is 20.8. The van der Waals surface area contributed by atoms with E-state index in [1.54, 1.807) is 48.5 Å². The first-order valence-corrected chi connectivity index (χ1v) is 12.3. The lowest BCUT2D eigenvalue weighted by atomic mass is 9.85. The van der Waals surface area contributed by atoms with Gasteiger partial charge in [0.2, 0.25) is 0 Å². The predicted molar refractivity (Wildman–Crippen MR) is 150 cm³/mol. The lowest BCUT2D eigenvalue weighted by molar-refractivity contribution is -0.210. The average molecular weight is 514 g/mol. The summed E-state index contributed by atoms with van der Waals surface area (Å²) in [5.41, 5.74) is -0.353. The third-order valence-electron chi connectivity index (χ3n) is 7.18. The molecule has 0 heterocycles. The Labute approximate surface area is 219 Å². The number of benzene rings is 7. The molecular weight excluding hydrogens is 496 g/mol. The fourth-order valence-electron chi connectivity index (χ4n) is 5.80. The Morgan fingerprint density at radius 1 is 0.513 bits per heavy atom. The molecule has 39 heavy (non-hydrogen) atoms. The number of esters is 1. The summed E-state index contributed by atoms with van der Waals surface area (Å²) in [4.78, 5) is 60.1. The minimum Gasteiger partial charge on any atom is -0.427 e. The summed E-state index contributed by atoms with van der Waals surface area (Å²) in [7, 11) is 0. The van der Waals surface area contributed by atoms with Gasteiger partial charge in [0, 0.05) is 46.2 Å². The maximum atomic E-state index is 13.8. The summed E-state index contributed by atoms with van der Waals surface area (Å²) in [6, 6.07) is 21.2. The highest BCUT2D eigenvalue weighted by atomic mass is 17.2. The van der Waals surface area contributed by atoms with E-state index in [-0.39, 0.29) is 16.6 Å². The molecule has 0 spiro atoms. The van der Waals surface area contributed by atoms with Gasteiger partial charge in [-0.2, -0.15) is 0 Å². The van der Waals surface area contributed by atoms with E-state index in [1.165, 1.54) is 13.8 Å². The van der Waals surface area contributed by atoms with E-state index in [9.17, 15) is 19.2 Å². The molecule has 7 rings (SSSR count). The highest BCUT2D eigenvalue weighted by Gasteiger charge is 2.22. The van der Waals surface area contributed by atoms with Crippen LogP contribution in [0.1, 0.15) is 13.8 Å². The van der Waals surface area contributed by atoms with Gasteiger partial charge in [0.1, 0.15) is 5.75 Å². The van der Waals surface area contributed by atoms with E-state index in [2.05, 4.69) is 4.89 Å². The van der Waals surface area contributed by atoms with Crippen LogP contribution in [0.2, 0.25) is 0 Å². The SMILES string of the molecule is CC(=O)OOc1ccc2c(c1)c(=O)c1cccc3c1c2c1cccc2c(=O)c4cc(OC(C)=O)ccc4c3c21. The van der Waals surface area contributed by atoms with Gasteiger partial charge in [-0.3, -0.25) is 24.2 Å². The molecule has 7 aromatic rings. The second-order valence-electron chi connectivity index (χ2n) is 9.53. The second-order valence-corrected chi connectivity index (χ2v) is 9.53. The van der Waals surface area contributed by atoms with E-state index < -0.39 is 11.9 Å². The number of hydrogen-bond donors (Lipinski definition) is 0. The van der Waals surface area contributed by atoms with Crippen molar-refractivity contribution in [3.63, 3.8) is 0 Å². The topological polar surface area (TPSA) is 96.0 Å². The number of hydrogen-bond acceptors (Lipinski definition) is 7. The molecule has 0 atom stereocenters. The molecule has 0 aliphatic carbocycles. The maximum absolute atomic E-state index is 13.8. The number of carbonyl (C=O) groups excluding carboxylic acids is 2. The van der Waals surface area contributed by atoms with Crippen LogP contribution in [-0.4, -0.2) is 11.9 Å². The largest absolute Gasteiger partial charge is 0.427 e. The molecule has 188 valence electrons. The average Bonchev–Trinajstić information content (AvgIpc) is 2.92. The van der Waals surface area contributed by atoms with Crippen LogP contribution < -0.4 is 20.5 Å². The number of rotatable bonds is 3. The molecular formula is C32H18O7. The van der Waals surface area contributed by atoms with E-state index in [0.717, 1.165) is 32.3 Å². The zero-order chi connectivity index (χ0) is 27.0. The molecule has 0 N–H and O–H groups in total. The van der Waals surface area contributed by atoms with Crippen molar-refractivity contribution < 1.29 is 24.1 Å². The van der Waals surface area contributed by atoms with Crippen molar-refractivity contribution in [3.05, 3.63) is 93.2 Å². The van der Waals surface area contributed by atoms with Crippen molar-refractivity contribution in [2.75, 3.05) is 0 Å². The molecule has 7 nitrogen and oxygen atoms in total. The lowest BCUT2D eigenvalue weighted by Gasteiger charge is -2.18. The number of carbonyl (C=O) groups is 2. The first kappa shape index (κ1) is 22.9. The Balaban J connectivity index is 1.70. The quantitative estimate of drug-likeness (QED) is 0.0714. The highest BCUT2D eigenvalue weighted by Crippen LogP contribution is 2.44. The van der Waals surface area contributed by atoms with Crippen LogP contribution in [0.25, 0.3) is 64.6 Å². The van der Waals surface area contributed by atoms with Crippen molar-refractivity contribution in [1.82, 2.24) is 0 Å². The van der Waals surface area contributed by atoms with E-state index in [4.69, 9.17) is 9.62 Å². The van der Waals surface area contributed by atoms with Crippen molar-refractivity contribution >= 4 is 76.6 Å². The summed E-state index contributed by atoms with van der Waals surface area (Å²) in [5.74, 6) is -0.562. The Hall–Kier alpha value is -5.30. The van der Waals surface area contributed by atoms with Gasteiger partial charge in [-0.25, -0.2) is 4.79 Å². The van der Waals surface area contributed by atoms with Crippen LogP contribution in [-0.2, 0) is 14.5 Å². The van der Waals surface area contributed by atoms with Gasteiger partial charge in [0.25, 0.3) is 0 Å². The van der Waals surface area contributed by atoms with Gasteiger partial charge >= 0.3 is 11.9 Å². The standard InChI is InChI=1S/C32H18O7/c1-15(33)37-17-9-11-19-25(13-17)31(35)23-7-3-6-22-28-20-12-10-18(39-38-16(2)34)14-26(20)32(36)24-8-4-5-21(30(24)28)27(19)29(22)23/h3-14H,1-2H3. The van der Waals surface area contributed by atoms with Crippen LogP contribution in [0, 0.1) is 0 Å². The van der Waals surface area contributed by atoms with Gasteiger partial charge in [-0.15, -0.1) is 0 Å². The van der Waals surface area contributed by atoms with Crippen molar-refractivity contribution in [3.8, 4) is 11.5 Å². The zero-order valence-corrected chi connectivity index (χ0v) is 20.8. The number of ether oxygens (including phenoxy) is 1. The minimum absolute atomic E-state index is 0.169. The molecule has 0 unspecified atom stereocenters. The van der Waals surface area contributed by atoms with Gasteiger partial charge < -0.3 is 4.74 Å². The first-order valence-electron chi connectivity index (χ1n) is 12.3. The Bertz CT molecular complexity index is 2300. The molecule has 0 radical (unpaired) electrons. The summed E-state index contributed by atoms with van der Waals surface area (Å²) in [6.45, 7) is 2.54. The maximum Gasteiger partial charge on any atom is 0.352 e. The van der Waals surface area contributed by atoms with Gasteiger partial charge in [-0.1, -0.05) is 36.4 Å². The summed E-state index contributed by atoms with van der Waals surface area (Å²) < 4.78 is 5.26. The van der Waals surface area contributed by atoms with Crippen LogP contribution in [0.15, 0.2) is 82.4 Å². The summed E-state index contributed by atoms with van der Waals surface area (Å²) in [5, 5.41) is 8.31. The second kappa shape index (κ2) is 8.10. The smallest absolute Gasteiger partial charge is 0.352 e. The Morgan fingerprint density at radius 2 is 0.974 bits per heavy atom. The lowest BCUT2D eigenvalue weighted by Crippen LogP contribution is -2.08. The molecule has 0 saturated heterocycles. The third kappa shape index (κ3) is 3.23. The number of fused-ring (bicyclic) bond motifs is 6. The minimum atomic E-state index is -0.611. The fourth-order valence-corrected chi connectivity index (χ4v) is 5.80. The van der Waals surface area contributed by atoms with Crippen LogP contribution in [0.5, 0.6) is 11.5 Å². The van der Waals surface area contributed by atoms with Gasteiger partial charge in [0.05, 0.1) is 0 Å². The molecule has 7 aromatic carbocycles. The molecule has 0 bridgehead atoms. The monoisotopic (exact) mass is 514 g/mol. The summed E-state index contributed by atoms with van der Waals surface area (Å²) in [6.07, 6.45) is 0. The molecule has 7 heteroatoms. The molecule has 0 aliphatic heterocycles. The van der Waals surface area contributed by atoms with Gasteiger partial charge in [0.15, 0.2) is 16.6 Å². The Morgan fingerprint density at radius 3 is 1.49 bits per heavy atom. The van der Waals surface area contributed by atoms with Crippen molar-refractivity contribution in [1.29, 1.82) is 0 Å². The fraction of sp³-hybridized carbons (Fsp3) is 0.0625. The molecule has 0 aliphatic rings. The molecule has 0 saturated carbocycles. The Kier molecular flexibility index (Phi) is 4.75. The molecule has 0 fully saturated rings. The van der Waals surface area contributed by atoms with Gasteiger partial charge in [-0.05, 0) is 68.7 Å². The van der Waals surface area contributed by atoms with Crippen LogP contribution in [0.3, 0.4) is 0 Å². The first-order chi connectivity index (χ1) is 18.8. The van der Waals surface area contributed by atoms with E-state index >= 15 is 0 Å². The highest BCUT2D eigenvalue weighted by molar-refractivity contribution is 6.41. The van der Waals surface area contributed by atoms with Crippen LogP contribution in [0.4, 0.5) is 0 Å². The van der Waals surface area contributed by atoms with Crippen molar-refractivity contribution in [2.24, 2.45) is 0 Å². The normalized spacial score (nSPS) is 11.7. The molecule has 0 aromatic heterocycles. The predicted octanol–water partition coefficient (Wildman–Crippen LogP) is 5.98. The van der Waals surface area contributed by atoms with Crippen LogP contribution >= 0.6 is 0 Å².